The Morgan fingerprint density at radius 3 is 2.48 bits per heavy atom. The topological polar surface area (TPSA) is 23.6 Å². The van der Waals surface area contributed by atoms with Crippen molar-refractivity contribution in [2.45, 2.75) is 49.7 Å². The van der Waals surface area contributed by atoms with Gasteiger partial charge in [-0.05, 0) is 51.1 Å². The Kier molecular flexibility index (Phi) is 4.27. The molecule has 2 bridgehead atoms. The lowest BCUT2D eigenvalue weighted by Gasteiger charge is -2.42. The summed E-state index contributed by atoms with van der Waals surface area (Å²) < 4.78 is 0. The standard InChI is InChI=1S/C17H24N2OS/c1-12(2)18-10-14-7-8-15(11-18)19(14)17(20)13-5-4-6-16(9-13)21-3/h4-6,9,12,14-15H,7-8,10-11H2,1-3H3. The fourth-order valence-corrected chi connectivity index (χ4v) is 4.05. The maximum absolute atomic E-state index is 12.9. The van der Waals surface area contributed by atoms with Gasteiger partial charge in [0, 0.05) is 41.7 Å². The summed E-state index contributed by atoms with van der Waals surface area (Å²) in [5.41, 5.74) is 0.844. The average molecular weight is 304 g/mol. The highest BCUT2D eigenvalue weighted by molar-refractivity contribution is 7.98. The molecule has 0 N–H and O–H groups in total. The number of rotatable bonds is 3. The van der Waals surface area contributed by atoms with Crippen LogP contribution in [0.15, 0.2) is 29.2 Å². The van der Waals surface area contributed by atoms with Crippen molar-refractivity contribution in [3.8, 4) is 0 Å². The fraction of sp³-hybridized carbons (Fsp3) is 0.588. The third-order valence-electron chi connectivity index (χ3n) is 4.79. The Balaban J connectivity index is 1.80. The van der Waals surface area contributed by atoms with Crippen molar-refractivity contribution in [3.63, 3.8) is 0 Å². The second-order valence-corrected chi connectivity index (χ2v) is 7.26. The molecule has 2 heterocycles. The monoisotopic (exact) mass is 304 g/mol. The van der Waals surface area contributed by atoms with Gasteiger partial charge in [-0.25, -0.2) is 0 Å². The SMILES string of the molecule is CSc1cccc(C(=O)N2C3CCC2CN(C(C)C)C3)c1. The number of likely N-dealkylation sites (tertiary alicyclic amines) is 1. The largest absolute Gasteiger partial charge is 0.330 e. The van der Waals surface area contributed by atoms with Gasteiger partial charge in [-0.3, -0.25) is 9.69 Å². The number of piperazine rings is 1. The molecule has 3 nitrogen and oxygen atoms in total. The Bertz CT molecular complexity index is 517. The van der Waals surface area contributed by atoms with E-state index in [0.717, 1.165) is 36.4 Å². The van der Waals surface area contributed by atoms with Crippen molar-refractivity contribution >= 4 is 17.7 Å². The Hall–Kier alpha value is -1.00. The van der Waals surface area contributed by atoms with Crippen LogP contribution >= 0.6 is 11.8 Å². The summed E-state index contributed by atoms with van der Waals surface area (Å²) in [4.78, 5) is 18.7. The van der Waals surface area contributed by atoms with Gasteiger partial charge in [0.1, 0.15) is 0 Å². The molecule has 4 heteroatoms. The minimum atomic E-state index is 0.224. The molecule has 1 amide bonds. The van der Waals surface area contributed by atoms with E-state index in [4.69, 9.17) is 0 Å². The van der Waals surface area contributed by atoms with Gasteiger partial charge < -0.3 is 4.90 Å². The third kappa shape index (κ3) is 2.84. The summed E-state index contributed by atoms with van der Waals surface area (Å²) in [6.07, 6.45) is 4.36. The lowest BCUT2D eigenvalue weighted by molar-refractivity contribution is 0.0349. The predicted molar refractivity (Wildman–Crippen MR) is 87.9 cm³/mol. The van der Waals surface area contributed by atoms with E-state index >= 15 is 0 Å². The number of nitrogens with zero attached hydrogens (tertiary/aromatic N) is 2. The number of thioether (sulfide) groups is 1. The Labute approximate surface area is 131 Å². The van der Waals surface area contributed by atoms with E-state index < -0.39 is 0 Å². The summed E-state index contributed by atoms with van der Waals surface area (Å²) in [5, 5.41) is 0. The van der Waals surface area contributed by atoms with Gasteiger partial charge in [0.2, 0.25) is 0 Å². The van der Waals surface area contributed by atoms with E-state index in [1.807, 2.05) is 18.2 Å². The molecule has 3 rings (SSSR count). The first-order valence-corrected chi connectivity index (χ1v) is 9.03. The zero-order valence-electron chi connectivity index (χ0n) is 13.1. The Morgan fingerprint density at radius 1 is 1.24 bits per heavy atom. The highest BCUT2D eigenvalue weighted by Gasteiger charge is 2.43. The fourth-order valence-electron chi connectivity index (χ4n) is 3.59. The number of amides is 1. The minimum absolute atomic E-state index is 0.224. The van der Waals surface area contributed by atoms with E-state index in [1.54, 1.807) is 11.8 Å². The van der Waals surface area contributed by atoms with Gasteiger partial charge in [-0.2, -0.15) is 0 Å². The highest BCUT2D eigenvalue weighted by atomic mass is 32.2. The van der Waals surface area contributed by atoms with Gasteiger partial charge in [0.05, 0.1) is 0 Å². The van der Waals surface area contributed by atoms with Crippen molar-refractivity contribution in [2.75, 3.05) is 19.3 Å². The average Bonchev–Trinajstić information content (AvgIpc) is 2.76. The molecule has 0 saturated carbocycles. The van der Waals surface area contributed by atoms with E-state index in [2.05, 4.69) is 36.0 Å². The number of carbonyl (C=O) groups excluding carboxylic acids is 1. The highest BCUT2D eigenvalue weighted by Crippen LogP contribution is 2.32. The molecule has 2 aliphatic rings. The van der Waals surface area contributed by atoms with Crippen LogP contribution in [-0.2, 0) is 0 Å². The molecular formula is C17H24N2OS. The van der Waals surface area contributed by atoms with Crippen molar-refractivity contribution in [1.29, 1.82) is 0 Å². The zero-order chi connectivity index (χ0) is 15.0. The first kappa shape index (κ1) is 14.9. The molecule has 0 aromatic heterocycles. The van der Waals surface area contributed by atoms with Crippen LogP contribution in [-0.4, -0.2) is 53.2 Å². The minimum Gasteiger partial charge on any atom is -0.330 e. The van der Waals surface area contributed by atoms with Gasteiger partial charge in [-0.15, -0.1) is 11.8 Å². The normalized spacial score (nSPS) is 25.6. The third-order valence-corrected chi connectivity index (χ3v) is 5.52. The molecule has 2 aliphatic heterocycles. The summed E-state index contributed by atoms with van der Waals surface area (Å²) in [6, 6.07) is 9.41. The summed E-state index contributed by atoms with van der Waals surface area (Å²) in [7, 11) is 0. The van der Waals surface area contributed by atoms with Crippen molar-refractivity contribution in [3.05, 3.63) is 29.8 Å². The van der Waals surface area contributed by atoms with Gasteiger partial charge >= 0.3 is 0 Å². The maximum atomic E-state index is 12.9. The molecule has 0 radical (unpaired) electrons. The molecule has 2 fully saturated rings. The molecule has 2 saturated heterocycles. The van der Waals surface area contributed by atoms with Crippen LogP contribution in [0.1, 0.15) is 37.0 Å². The van der Waals surface area contributed by atoms with E-state index in [1.165, 1.54) is 0 Å². The van der Waals surface area contributed by atoms with Crippen LogP contribution in [0.3, 0.4) is 0 Å². The first-order chi connectivity index (χ1) is 10.1. The quantitative estimate of drug-likeness (QED) is 0.802. The number of benzene rings is 1. The first-order valence-electron chi connectivity index (χ1n) is 7.81. The lowest BCUT2D eigenvalue weighted by atomic mass is 10.1. The number of hydrogen-bond acceptors (Lipinski definition) is 3. The molecule has 0 aliphatic carbocycles. The molecule has 0 spiro atoms. The second-order valence-electron chi connectivity index (χ2n) is 6.38. The van der Waals surface area contributed by atoms with Crippen LogP contribution in [0.25, 0.3) is 0 Å². The number of carbonyl (C=O) groups is 1. The van der Waals surface area contributed by atoms with Gasteiger partial charge in [-0.1, -0.05) is 6.07 Å². The molecule has 114 valence electrons. The van der Waals surface area contributed by atoms with Crippen LogP contribution in [0, 0.1) is 0 Å². The second kappa shape index (κ2) is 6.01. The number of hydrogen-bond donors (Lipinski definition) is 0. The maximum Gasteiger partial charge on any atom is 0.254 e. The molecule has 21 heavy (non-hydrogen) atoms. The molecule has 1 aromatic rings. The van der Waals surface area contributed by atoms with Crippen LogP contribution in [0.2, 0.25) is 0 Å². The van der Waals surface area contributed by atoms with Crippen LogP contribution < -0.4 is 0 Å². The van der Waals surface area contributed by atoms with Crippen molar-refractivity contribution in [1.82, 2.24) is 9.80 Å². The van der Waals surface area contributed by atoms with Gasteiger partial charge in [0.15, 0.2) is 0 Å². The van der Waals surface area contributed by atoms with E-state index in [9.17, 15) is 4.79 Å². The predicted octanol–water partition coefficient (Wildman–Crippen LogP) is 3.11. The molecular weight excluding hydrogens is 280 g/mol. The number of fused-ring (bicyclic) bond motifs is 2. The van der Waals surface area contributed by atoms with Crippen LogP contribution in [0.5, 0.6) is 0 Å². The van der Waals surface area contributed by atoms with Gasteiger partial charge in [0.25, 0.3) is 5.91 Å². The molecule has 1 aromatic carbocycles. The van der Waals surface area contributed by atoms with Crippen LogP contribution in [0.4, 0.5) is 0 Å². The summed E-state index contributed by atoms with van der Waals surface area (Å²) in [5.74, 6) is 0.224. The molecule has 2 atom stereocenters. The summed E-state index contributed by atoms with van der Waals surface area (Å²) >= 11 is 1.69. The van der Waals surface area contributed by atoms with E-state index in [0.29, 0.717) is 18.1 Å². The smallest absolute Gasteiger partial charge is 0.254 e. The zero-order valence-corrected chi connectivity index (χ0v) is 13.9. The van der Waals surface area contributed by atoms with E-state index in [-0.39, 0.29) is 5.91 Å². The lowest BCUT2D eigenvalue weighted by Crippen LogP contribution is -2.57. The molecule has 2 unspecified atom stereocenters. The summed E-state index contributed by atoms with van der Waals surface area (Å²) in [6.45, 7) is 6.56. The van der Waals surface area contributed by atoms with Crippen molar-refractivity contribution < 1.29 is 4.79 Å². The van der Waals surface area contributed by atoms with Crippen molar-refractivity contribution in [2.24, 2.45) is 0 Å². The Morgan fingerprint density at radius 2 is 1.90 bits per heavy atom.